The Morgan fingerprint density at radius 1 is 1.11 bits per heavy atom. The minimum atomic E-state index is -0.230. The maximum absolute atomic E-state index is 14.7. The fraction of sp³-hybridized carbons (Fsp3) is 0.261. The van der Waals surface area contributed by atoms with E-state index in [4.69, 9.17) is 4.98 Å². The molecule has 1 aliphatic carbocycles. The van der Waals surface area contributed by atoms with Crippen LogP contribution >= 0.6 is 11.3 Å². The number of thiazole rings is 1. The minimum Gasteiger partial charge on any atom is -0.367 e. The lowest BCUT2D eigenvalue weighted by atomic mass is 10.1. The summed E-state index contributed by atoms with van der Waals surface area (Å²) in [5, 5.41) is 5.85. The number of anilines is 1. The molecule has 0 spiro atoms. The lowest BCUT2D eigenvalue weighted by Crippen LogP contribution is -2.16. The van der Waals surface area contributed by atoms with E-state index in [1.807, 2.05) is 31.2 Å². The molecule has 142 valence electrons. The molecule has 4 aromatic rings. The summed E-state index contributed by atoms with van der Waals surface area (Å²) in [6, 6.07) is 16.0. The van der Waals surface area contributed by atoms with Gasteiger partial charge in [0.2, 0.25) is 0 Å². The van der Waals surface area contributed by atoms with Crippen LogP contribution in [-0.2, 0) is 0 Å². The molecular formula is C23H22FN3S. The third kappa shape index (κ3) is 3.00. The van der Waals surface area contributed by atoms with Crippen molar-refractivity contribution in [1.29, 1.82) is 0 Å². The smallest absolute Gasteiger partial charge is 0.196 e. The molecule has 1 N–H and O–H groups in total. The maximum Gasteiger partial charge on any atom is 0.196 e. The Kier molecular flexibility index (Phi) is 4.40. The summed E-state index contributed by atoms with van der Waals surface area (Å²) in [6.45, 7) is 1.99. The molecule has 0 aliphatic heterocycles. The van der Waals surface area contributed by atoms with Crippen molar-refractivity contribution in [2.45, 2.75) is 38.6 Å². The fourth-order valence-electron chi connectivity index (χ4n) is 4.07. The summed E-state index contributed by atoms with van der Waals surface area (Å²) < 4.78 is 16.9. The van der Waals surface area contributed by atoms with E-state index in [9.17, 15) is 4.39 Å². The van der Waals surface area contributed by atoms with Crippen molar-refractivity contribution in [2.24, 2.45) is 0 Å². The summed E-state index contributed by atoms with van der Waals surface area (Å²) >= 11 is 1.60. The number of aryl methyl sites for hydroxylation is 1. The van der Waals surface area contributed by atoms with Gasteiger partial charge in [0.05, 0.1) is 5.69 Å². The number of halogens is 1. The molecule has 1 saturated carbocycles. The zero-order valence-corrected chi connectivity index (χ0v) is 16.6. The maximum atomic E-state index is 14.7. The Morgan fingerprint density at radius 3 is 2.68 bits per heavy atom. The van der Waals surface area contributed by atoms with E-state index >= 15 is 0 Å². The molecule has 2 heterocycles. The molecule has 2 aromatic heterocycles. The second kappa shape index (κ2) is 7.06. The monoisotopic (exact) mass is 391 g/mol. The molecule has 2 aromatic carbocycles. The van der Waals surface area contributed by atoms with E-state index in [0.717, 1.165) is 40.4 Å². The van der Waals surface area contributed by atoms with Crippen molar-refractivity contribution in [3.63, 3.8) is 0 Å². The lowest BCUT2D eigenvalue weighted by molar-refractivity contribution is 0.630. The molecule has 0 radical (unpaired) electrons. The van der Waals surface area contributed by atoms with Crippen molar-refractivity contribution < 1.29 is 4.39 Å². The molecule has 28 heavy (non-hydrogen) atoms. The van der Waals surface area contributed by atoms with E-state index in [-0.39, 0.29) is 5.82 Å². The topological polar surface area (TPSA) is 29.3 Å². The Bertz CT molecular complexity index is 1120. The molecule has 0 amide bonds. The van der Waals surface area contributed by atoms with E-state index in [1.165, 1.54) is 18.9 Å². The number of nitrogens with zero attached hydrogens (tertiary/aromatic N) is 2. The standard InChI is InChI=1S/C23H22FN3S/c1-15-11-12-19(24)18(13-15)21-22(25-17-9-5-6-10-17)27-20(14-28-23(27)26-21)16-7-3-2-4-8-16/h2-4,7-8,11-14,17,25H,5-6,9-10H2,1H3. The van der Waals surface area contributed by atoms with Gasteiger partial charge in [0.25, 0.3) is 0 Å². The Morgan fingerprint density at radius 2 is 1.89 bits per heavy atom. The molecule has 5 heteroatoms. The van der Waals surface area contributed by atoms with Crippen molar-refractivity contribution in [2.75, 3.05) is 5.32 Å². The quantitative estimate of drug-likeness (QED) is 0.428. The predicted octanol–water partition coefficient (Wildman–Crippen LogP) is 6.53. The predicted molar refractivity (Wildman–Crippen MR) is 115 cm³/mol. The van der Waals surface area contributed by atoms with E-state index < -0.39 is 0 Å². The number of hydrogen-bond acceptors (Lipinski definition) is 3. The van der Waals surface area contributed by atoms with Gasteiger partial charge in [-0.15, -0.1) is 11.3 Å². The van der Waals surface area contributed by atoms with Gasteiger partial charge in [-0.1, -0.05) is 54.8 Å². The van der Waals surface area contributed by atoms with Gasteiger partial charge in [0.1, 0.15) is 17.3 Å². The molecular weight excluding hydrogens is 369 g/mol. The number of aromatic nitrogens is 2. The highest BCUT2D eigenvalue weighted by atomic mass is 32.1. The third-order valence-corrected chi connectivity index (χ3v) is 6.33. The molecule has 1 fully saturated rings. The summed E-state index contributed by atoms with van der Waals surface area (Å²) in [5.41, 5.74) is 4.53. The average molecular weight is 392 g/mol. The molecule has 3 nitrogen and oxygen atoms in total. The zero-order chi connectivity index (χ0) is 19.1. The van der Waals surface area contributed by atoms with E-state index in [1.54, 1.807) is 17.4 Å². The largest absolute Gasteiger partial charge is 0.367 e. The normalized spacial score (nSPS) is 14.8. The second-order valence-electron chi connectivity index (χ2n) is 7.52. The summed E-state index contributed by atoms with van der Waals surface area (Å²) in [6.07, 6.45) is 4.77. The van der Waals surface area contributed by atoms with Crippen molar-refractivity contribution in [3.05, 3.63) is 65.3 Å². The highest BCUT2D eigenvalue weighted by molar-refractivity contribution is 7.15. The number of nitrogens with one attached hydrogen (secondary N) is 1. The molecule has 0 bridgehead atoms. The number of fused-ring (bicyclic) bond motifs is 1. The molecule has 0 atom stereocenters. The van der Waals surface area contributed by atoms with Gasteiger partial charge in [-0.05, 0) is 37.5 Å². The first kappa shape index (κ1) is 17.4. The molecule has 5 rings (SSSR count). The minimum absolute atomic E-state index is 0.230. The fourth-order valence-corrected chi connectivity index (χ4v) is 4.97. The number of imidazole rings is 1. The van der Waals surface area contributed by atoms with Crippen molar-refractivity contribution in [3.8, 4) is 22.5 Å². The van der Waals surface area contributed by atoms with Crippen molar-refractivity contribution >= 4 is 22.1 Å². The summed E-state index contributed by atoms with van der Waals surface area (Å²) in [4.78, 5) is 5.74. The van der Waals surface area contributed by atoms with Crippen molar-refractivity contribution in [1.82, 2.24) is 9.38 Å². The Balaban J connectivity index is 1.73. The zero-order valence-electron chi connectivity index (χ0n) is 15.8. The lowest BCUT2D eigenvalue weighted by Gasteiger charge is -2.16. The SMILES string of the molecule is Cc1ccc(F)c(-c2nc3scc(-c4ccccc4)n3c2NC2CCCC2)c1. The van der Waals surface area contributed by atoms with E-state index in [0.29, 0.717) is 17.3 Å². The van der Waals surface area contributed by atoms with Crippen LogP contribution in [0.4, 0.5) is 10.2 Å². The van der Waals surface area contributed by atoms with Gasteiger partial charge < -0.3 is 5.32 Å². The van der Waals surface area contributed by atoms with Crippen LogP contribution in [0, 0.1) is 12.7 Å². The van der Waals surface area contributed by atoms with E-state index in [2.05, 4.69) is 27.2 Å². The van der Waals surface area contributed by atoms with Crippen LogP contribution in [0.25, 0.3) is 27.5 Å². The molecule has 1 aliphatic rings. The van der Waals surface area contributed by atoms with Crippen LogP contribution in [0.2, 0.25) is 0 Å². The highest BCUT2D eigenvalue weighted by Crippen LogP contribution is 2.38. The van der Waals surface area contributed by atoms with Gasteiger partial charge in [0, 0.05) is 17.0 Å². The number of rotatable bonds is 4. The number of benzene rings is 2. The van der Waals surface area contributed by atoms with Crippen LogP contribution < -0.4 is 5.32 Å². The molecule has 0 saturated heterocycles. The molecule has 0 unspecified atom stereocenters. The summed E-state index contributed by atoms with van der Waals surface area (Å²) in [5.74, 6) is 0.679. The van der Waals surface area contributed by atoms with Gasteiger partial charge >= 0.3 is 0 Å². The highest BCUT2D eigenvalue weighted by Gasteiger charge is 2.24. The second-order valence-corrected chi connectivity index (χ2v) is 8.36. The van der Waals surface area contributed by atoms with Crippen LogP contribution in [0.15, 0.2) is 53.9 Å². The first-order valence-corrected chi connectivity index (χ1v) is 10.7. The first-order valence-electron chi connectivity index (χ1n) is 9.79. The van der Waals surface area contributed by atoms with Crippen LogP contribution in [0.1, 0.15) is 31.2 Å². The van der Waals surface area contributed by atoms with Gasteiger partial charge in [0.15, 0.2) is 4.96 Å². The third-order valence-electron chi connectivity index (χ3n) is 5.51. The van der Waals surface area contributed by atoms with Crippen LogP contribution in [-0.4, -0.2) is 15.4 Å². The van der Waals surface area contributed by atoms with Crippen LogP contribution in [0.5, 0.6) is 0 Å². The van der Waals surface area contributed by atoms with Crippen LogP contribution in [0.3, 0.4) is 0 Å². The number of hydrogen-bond donors (Lipinski definition) is 1. The van der Waals surface area contributed by atoms with Gasteiger partial charge in [-0.25, -0.2) is 9.37 Å². The Hall–Kier alpha value is -2.66. The first-order chi connectivity index (χ1) is 13.7. The Labute approximate surface area is 167 Å². The van der Waals surface area contributed by atoms with Gasteiger partial charge in [-0.3, -0.25) is 4.40 Å². The summed E-state index contributed by atoms with van der Waals surface area (Å²) in [7, 11) is 0. The van der Waals surface area contributed by atoms with Gasteiger partial charge in [-0.2, -0.15) is 0 Å². The average Bonchev–Trinajstić information content (AvgIpc) is 3.43.